The molecule has 5 nitrogen and oxygen atoms in total. The van der Waals surface area contributed by atoms with Crippen LogP contribution in [0.4, 0.5) is 5.69 Å². The van der Waals surface area contributed by atoms with Crippen LogP contribution in [-0.2, 0) is 17.6 Å². The first-order valence-electron chi connectivity index (χ1n) is 13.0. The third kappa shape index (κ3) is 8.53. The molecule has 0 bridgehead atoms. The predicted octanol–water partition coefficient (Wildman–Crippen LogP) is 7.58. The normalized spacial score (nSPS) is 16.8. The van der Waals surface area contributed by atoms with Crippen LogP contribution in [0.25, 0.3) is 0 Å². The van der Waals surface area contributed by atoms with Crippen LogP contribution >= 0.6 is 11.8 Å². The minimum atomic E-state index is 0. The maximum atomic E-state index is 12.0. The van der Waals surface area contributed by atoms with Crippen LogP contribution in [0.15, 0.2) is 64.3 Å². The molecule has 2 saturated carbocycles. The van der Waals surface area contributed by atoms with Crippen molar-refractivity contribution in [3.63, 3.8) is 0 Å². The molecule has 35 heavy (non-hydrogen) atoms. The van der Waals surface area contributed by atoms with Crippen LogP contribution < -0.4 is 11.1 Å². The molecule has 2 aliphatic carbocycles. The smallest absolute Gasteiger partial charge is 0.227 e. The van der Waals surface area contributed by atoms with E-state index in [2.05, 4.69) is 18.0 Å². The van der Waals surface area contributed by atoms with E-state index in [-0.39, 0.29) is 16.1 Å². The highest BCUT2D eigenvalue weighted by Crippen LogP contribution is 2.32. The highest BCUT2D eigenvalue weighted by Gasteiger charge is 2.29. The van der Waals surface area contributed by atoms with Gasteiger partial charge >= 0.3 is 0 Å². The zero-order chi connectivity index (χ0) is 24.6. The Bertz CT molecular complexity index is 1070. The molecule has 0 aliphatic heterocycles. The third-order valence-corrected chi connectivity index (χ3v) is 7.55. The topological polar surface area (TPSA) is 80.9 Å². The van der Waals surface area contributed by atoms with Gasteiger partial charge in [-0.1, -0.05) is 50.7 Å². The molecule has 0 spiro atoms. The Hall–Kier alpha value is -2.60. The summed E-state index contributed by atoms with van der Waals surface area (Å²) in [5, 5.41) is 3.74. The summed E-state index contributed by atoms with van der Waals surface area (Å²) in [6, 6.07) is 10.0. The van der Waals surface area contributed by atoms with Crippen LogP contribution in [0.5, 0.6) is 0 Å². The summed E-state index contributed by atoms with van der Waals surface area (Å²) in [4.78, 5) is 22.8. The average Bonchev–Trinajstić information content (AvgIpc) is 3.66. The number of aromatic nitrogens is 2. The highest BCUT2D eigenvalue weighted by molar-refractivity contribution is 7.99. The molecule has 4 rings (SSSR count). The van der Waals surface area contributed by atoms with Gasteiger partial charge in [-0.25, -0.2) is 9.97 Å². The number of carbonyl (C=O) groups excluding carboxylic acids is 1. The molecule has 0 saturated heterocycles. The fourth-order valence-corrected chi connectivity index (χ4v) is 5.53. The number of hydrogen-bond donors (Lipinski definition) is 2. The van der Waals surface area contributed by atoms with Crippen molar-refractivity contribution in [2.24, 2.45) is 17.6 Å². The fraction of sp³-hybridized carbons (Fsp3) is 0.483. The van der Waals surface area contributed by atoms with Gasteiger partial charge in [0.05, 0.1) is 5.69 Å². The van der Waals surface area contributed by atoms with E-state index >= 15 is 0 Å². The minimum absolute atomic E-state index is 0. The molecule has 2 fully saturated rings. The SMILES string of the molecule is C=C(C)/C=C(\N)Cc1cc(CCCC2CCCCC2)nc(Sc2ccc(NC(=O)C3CC3)cc2)n1.[HH].[HH].[HH]. The predicted molar refractivity (Wildman–Crippen MR) is 151 cm³/mol. The Morgan fingerprint density at radius 1 is 1.14 bits per heavy atom. The number of hydrogen-bond acceptors (Lipinski definition) is 5. The van der Waals surface area contributed by atoms with Gasteiger partial charge in [-0.3, -0.25) is 4.79 Å². The largest absolute Gasteiger partial charge is 0.402 e. The molecular weight excluding hydrogens is 452 g/mol. The van der Waals surface area contributed by atoms with Gasteiger partial charge in [0.2, 0.25) is 5.91 Å². The molecule has 192 valence electrons. The monoisotopic (exact) mass is 496 g/mol. The number of nitrogens with zero attached hydrogens (tertiary/aromatic N) is 2. The molecule has 0 unspecified atom stereocenters. The highest BCUT2D eigenvalue weighted by atomic mass is 32.2. The minimum Gasteiger partial charge on any atom is -0.402 e. The Morgan fingerprint density at radius 2 is 1.86 bits per heavy atom. The van der Waals surface area contributed by atoms with Crippen molar-refractivity contribution < 1.29 is 9.07 Å². The van der Waals surface area contributed by atoms with Crippen molar-refractivity contribution in [3.8, 4) is 0 Å². The molecule has 1 amide bonds. The van der Waals surface area contributed by atoms with Crippen molar-refractivity contribution in [2.45, 2.75) is 87.6 Å². The van der Waals surface area contributed by atoms with E-state index in [1.165, 1.54) is 38.5 Å². The number of amides is 1. The van der Waals surface area contributed by atoms with E-state index in [1.54, 1.807) is 11.8 Å². The van der Waals surface area contributed by atoms with Gasteiger partial charge in [0.1, 0.15) is 0 Å². The lowest BCUT2D eigenvalue weighted by Crippen LogP contribution is -2.12. The second kappa shape index (κ2) is 12.4. The first kappa shape index (κ1) is 25.5. The van der Waals surface area contributed by atoms with Crippen LogP contribution in [0.2, 0.25) is 0 Å². The summed E-state index contributed by atoms with van der Waals surface area (Å²) < 4.78 is 0. The van der Waals surface area contributed by atoms with E-state index in [0.29, 0.717) is 6.42 Å². The van der Waals surface area contributed by atoms with Crippen LogP contribution in [-0.4, -0.2) is 15.9 Å². The molecule has 2 aliphatic rings. The van der Waals surface area contributed by atoms with Gasteiger partial charge in [0.25, 0.3) is 0 Å². The van der Waals surface area contributed by atoms with Crippen molar-refractivity contribution in [3.05, 3.63) is 65.6 Å². The number of rotatable bonds is 11. The number of nitrogens with two attached hydrogens (primary N) is 1. The van der Waals surface area contributed by atoms with Gasteiger partial charge in [-0.15, -0.1) is 0 Å². The van der Waals surface area contributed by atoms with Gasteiger partial charge in [0, 0.05) is 38.6 Å². The van der Waals surface area contributed by atoms with Crippen LogP contribution in [0, 0.1) is 11.8 Å². The molecule has 3 N–H and O–H groups in total. The third-order valence-electron chi connectivity index (χ3n) is 6.68. The summed E-state index contributed by atoms with van der Waals surface area (Å²) >= 11 is 1.55. The average molecular weight is 497 g/mol. The van der Waals surface area contributed by atoms with Crippen LogP contribution in [0.1, 0.15) is 80.4 Å². The molecule has 0 atom stereocenters. The second-order valence-corrected chi connectivity index (χ2v) is 11.2. The number of nitrogens with one attached hydrogen (secondary N) is 1. The van der Waals surface area contributed by atoms with E-state index < -0.39 is 0 Å². The number of benzene rings is 1. The maximum Gasteiger partial charge on any atom is 0.227 e. The van der Waals surface area contributed by atoms with E-state index in [0.717, 1.165) is 70.0 Å². The molecule has 2 aromatic rings. The van der Waals surface area contributed by atoms with Gasteiger partial charge in [-0.2, -0.15) is 0 Å². The van der Waals surface area contributed by atoms with Crippen molar-refractivity contribution in [1.29, 1.82) is 0 Å². The van der Waals surface area contributed by atoms with Gasteiger partial charge in [0.15, 0.2) is 5.16 Å². The fourth-order valence-electron chi connectivity index (χ4n) is 4.72. The molecule has 1 heterocycles. The van der Waals surface area contributed by atoms with Gasteiger partial charge in [-0.05, 0) is 86.7 Å². The van der Waals surface area contributed by atoms with E-state index in [1.807, 2.05) is 37.3 Å². The van der Waals surface area contributed by atoms with Gasteiger partial charge < -0.3 is 11.1 Å². The lowest BCUT2D eigenvalue weighted by Gasteiger charge is -2.21. The lowest BCUT2D eigenvalue weighted by molar-refractivity contribution is -0.117. The summed E-state index contributed by atoms with van der Waals surface area (Å²) in [7, 11) is 0. The second-order valence-electron chi connectivity index (χ2n) is 10.2. The Labute approximate surface area is 218 Å². The van der Waals surface area contributed by atoms with E-state index in [4.69, 9.17) is 15.7 Å². The molecule has 6 heteroatoms. The Morgan fingerprint density at radius 3 is 2.54 bits per heavy atom. The van der Waals surface area contributed by atoms with Crippen molar-refractivity contribution in [1.82, 2.24) is 9.97 Å². The van der Waals surface area contributed by atoms with Crippen molar-refractivity contribution in [2.75, 3.05) is 5.32 Å². The lowest BCUT2D eigenvalue weighted by atomic mass is 9.85. The van der Waals surface area contributed by atoms with Crippen molar-refractivity contribution >= 4 is 23.4 Å². The summed E-state index contributed by atoms with van der Waals surface area (Å²) in [6.45, 7) is 5.88. The molecular formula is C29H44N4OS. The zero-order valence-electron chi connectivity index (χ0n) is 20.9. The number of allylic oxidation sites excluding steroid dienone is 3. The zero-order valence-corrected chi connectivity index (χ0v) is 21.7. The number of anilines is 1. The summed E-state index contributed by atoms with van der Waals surface area (Å²) in [5.41, 5.74) is 10.8. The first-order chi connectivity index (χ1) is 16.9. The molecule has 1 aromatic heterocycles. The van der Waals surface area contributed by atoms with Crippen LogP contribution in [0.3, 0.4) is 0 Å². The Kier molecular flexibility index (Phi) is 9.02. The standard InChI is InChI=1S/C29H38N4OS.3H2/c1-20(2)17-23(30)18-26-19-25(10-6-9-21-7-4-3-5-8-21)32-29(33-26)35-27-15-13-24(14-16-27)31-28(34)22-11-12-22;;;/h13-17,19,21-22H,1,3-12,18,30H2,2H3,(H,31,34);3*1H/b23-17-;;;. The first-order valence-corrected chi connectivity index (χ1v) is 13.8. The van der Waals surface area contributed by atoms with E-state index in [9.17, 15) is 4.79 Å². The maximum absolute atomic E-state index is 12.0. The number of aryl methyl sites for hydroxylation is 1. The quantitative estimate of drug-likeness (QED) is 0.247. The molecule has 0 radical (unpaired) electrons. The summed E-state index contributed by atoms with van der Waals surface area (Å²) in [6.07, 6.45) is 14.9. The summed E-state index contributed by atoms with van der Waals surface area (Å²) in [5.74, 6) is 1.20. The Balaban J connectivity index is 0.00000241. The number of carbonyl (C=O) groups is 1. The molecule has 1 aromatic carbocycles.